The highest BCUT2D eigenvalue weighted by Crippen LogP contribution is 2.49. The average molecular weight is 281 g/mol. The van der Waals surface area contributed by atoms with E-state index in [0.29, 0.717) is 5.69 Å². The molecule has 3 rings (SSSR count). The van der Waals surface area contributed by atoms with Gasteiger partial charge in [0.15, 0.2) is 0 Å². The number of fused-ring (bicyclic) bond motifs is 1. The van der Waals surface area contributed by atoms with Crippen molar-refractivity contribution in [1.82, 2.24) is 0 Å². The maximum atomic E-state index is 10.3. The molecule has 4 nitrogen and oxygen atoms in total. The molecule has 0 radical (unpaired) electrons. The van der Waals surface area contributed by atoms with Gasteiger partial charge in [0.2, 0.25) is 0 Å². The van der Waals surface area contributed by atoms with Gasteiger partial charge < -0.3 is 21.1 Å². The van der Waals surface area contributed by atoms with Gasteiger partial charge in [-0.15, -0.1) is 11.4 Å². The maximum absolute atomic E-state index is 10.3. The number of phenolic OH excluding ortho intramolecular Hbond substituents is 1. The molecule has 1 heterocycles. The molecule has 21 heavy (non-hydrogen) atoms. The van der Waals surface area contributed by atoms with E-state index in [1.807, 2.05) is 37.3 Å². The van der Waals surface area contributed by atoms with E-state index in [-0.39, 0.29) is 11.2 Å². The highest BCUT2D eigenvalue weighted by Gasteiger charge is 2.15. The van der Waals surface area contributed by atoms with Crippen molar-refractivity contribution in [2.24, 2.45) is 0 Å². The highest BCUT2D eigenvalue weighted by molar-refractivity contribution is 5.87. The van der Waals surface area contributed by atoms with Crippen LogP contribution in [0.1, 0.15) is 31.9 Å². The first-order valence-corrected chi connectivity index (χ1v) is 7.02. The predicted molar refractivity (Wildman–Crippen MR) is 86.5 cm³/mol. The van der Waals surface area contributed by atoms with Crippen LogP contribution in [0, 0.1) is 6.92 Å². The summed E-state index contributed by atoms with van der Waals surface area (Å²) in [5, 5.41) is 11.8. The normalized spacial score (nSPS) is 13.6. The predicted octanol–water partition coefficient (Wildman–Crippen LogP) is 5.36. The van der Waals surface area contributed by atoms with Crippen molar-refractivity contribution in [2.75, 3.05) is 5.12 Å². The number of aromatic hydroxyl groups is 1. The molecule has 0 aromatic heterocycles. The fourth-order valence-corrected chi connectivity index (χ4v) is 2.29. The van der Waals surface area contributed by atoms with Crippen LogP contribution in [0.4, 0.5) is 17.1 Å². The van der Waals surface area contributed by atoms with Gasteiger partial charge in [0, 0.05) is 0 Å². The fraction of sp³-hybridized carbons (Fsp3) is 0.294. The van der Waals surface area contributed by atoms with E-state index < -0.39 is 0 Å². The number of aryl methyl sites for hydroxylation is 1. The van der Waals surface area contributed by atoms with Crippen LogP contribution in [0.15, 0.2) is 36.4 Å². The van der Waals surface area contributed by atoms with Crippen molar-refractivity contribution in [3.63, 3.8) is 0 Å². The molecule has 2 aromatic rings. The van der Waals surface area contributed by atoms with Crippen molar-refractivity contribution < 1.29 is 5.11 Å². The molecule has 0 aliphatic carbocycles. The van der Waals surface area contributed by atoms with E-state index in [4.69, 9.17) is 0 Å². The van der Waals surface area contributed by atoms with Gasteiger partial charge in [-0.2, -0.15) is 0 Å². The van der Waals surface area contributed by atoms with Crippen molar-refractivity contribution in [1.29, 1.82) is 0 Å². The lowest BCUT2D eigenvalue weighted by Crippen LogP contribution is -2.12. The molecule has 0 amide bonds. The fourth-order valence-electron chi connectivity index (χ4n) is 2.29. The number of nitrogens with zero attached hydrogens (tertiary/aromatic N) is 3. The Morgan fingerprint density at radius 2 is 1.67 bits per heavy atom. The molecule has 1 aliphatic rings. The van der Waals surface area contributed by atoms with E-state index in [1.54, 1.807) is 6.07 Å². The lowest BCUT2D eigenvalue weighted by atomic mass is 9.87. The zero-order valence-corrected chi connectivity index (χ0v) is 12.8. The molecule has 2 aromatic carbocycles. The Kier molecular flexibility index (Phi) is 2.97. The minimum absolute atomic E-state index is 0.00458. The third kappa shape index (κ3) is 2.49. The van der Waals surface area contributed by atoms with Crippen LogP contribution in [0.3, 0.4) is 0 Å². The van der Waals surface area contributed by atoms with Crippen LogP contribution in [0.25, 0.3) is 10.9 Å². The maximum Gasteiger partial charge on any atom is 0.136 e. The van der Waals surface area contributed by atoms with Crippen molar-refractivity contribution >= 4 is 17.1 Å². The third-order valence-electron chi connectivity index (χ3n) is 3.59. The van der Waals surface area contributed by atoms with Crippen molar-refractivity contribution in [3.05, 3.63) is 58.4 Å². The summed E-state index contributed by atoms with van der Waals surface area (Å²) < 4.78 is 0. The molecule has 4 heteroatoms. The van der Waals surface area contributed by atoms with Gasteiger partial charge in [-0.25, -0.2) is 0 Å². The largest absolute Gasteiger partial charge is 0.610 e. The SMILES string of the molecule is Cc1ccc2c(c1)[N-]N(c1ccc(C(C)(C)C)cc1O)[N-]2. The van der Waals surface area contributed by atoms with Crippen molar-refractivity contribution in [2.45, 2.75) is 33.1 Å². The zero-order chi connectivity index (χ0) is 15.2. The number of anilines is 1. The van der Waals surface area contributed by atoms with Crippen molar-refractivity contribution in [3.8, 4) is 5.75 Å². The molecule has 0 saturated heterocycles. The summed E-state index contributed by atoms with van der Waals surface area (Å²) in [5.41, 5.74) is 13.3. The van der Waals surface area contributed by atoms with E-state index in [9.17, 15) is 5.11 Å². The lowest BCUT2D eigenvalue weighted by Gasteiger charge is -2.44. The first-order valence-electron chi connectivity index (χ1n) is 7.02. The van der Waals surface area contributed by atoms with E-state index in [1.165, 1.54) is 5.12 Å². The monoisotopic (exact) mass is 281 g/mol. The summed E-state index contributed by atoms with van der Waals surface area (Å²) >= 11 is 0. The van der Waals surface area contributed by atoms with Crippen LogP contribution in [0.5, 0.6) is 5.75 Å². The molecule has 110 valence electrons. The van der Waals surface area contributed by atoms with Crippen LogP contribution in [0.2, 0.25) is 0 Å². The van der Waals surface area contributed by atoms with Crippen LogP contribution < -0.4 is 5.12 Å². The van der Waals surface area contributed by atoms with Gasteiger partial charge in [0.25, 0.3) is 0 Å². The van der Waals surface area contributed by atoms with Gasteiger partial charge in [0.05, 0.1) is 5.69 Å². The standard InChI is InChI=1S/C17H19N3O/c1-11-5-7-13-14(9-11)19-20(18-13)15-8-6-12(10-16(15)21)17(2,3)4/h5-10,21H,1-4H3/q-2. The Bertz CT molecular complexity index is 689. The molecular formula is C17H19N3O-2. The minimum atomic E-state index is -0.00458. The summed E-state index contributed by atoms with van der Waals surface area (Å²) in [6.07, 6.45) is 0. The molecule has 0 atom stereocenters. The summed E-state index contributed by atoms with van der Waals surface area (Å²) in [6.45, 7) is 8.37. The second-order valence-corrected chi connectivity index (χ2v) is 6.44. The Morgan fingerprint density at radius 1 is 0.952 bits per heavy atom. The number of hydrogen-bond acceptors (Lipinski definition) is 2. The van der Waals surface area contributed by atoms with Gasteiger partial charge >= 0.3 is 0 Å². The summed E-state index contributed by atoms with van der Waals surface area (Å²) in [6, 6.07) is 11.6. The quantitative estimate of drug-likeness (QED) is 0.765. The Morgan fingerprint density at radius 3 is 2.33 bits per heavy atom. The Hall–Kier alpha value is -2.36. The Balaban J connectivity index is 1.90. The number of benzene rings is 2. The van der Waals surface area contributed by atoms with E-state index in [0.717, 1.165) is 22.5 Å². The summed E-state index contributed by atoms with van der Waals surface area (Å²) in [4.78, 5) is 0. The third-order valence-corrected chi connectivity index (χ3v) is 3.59. The van der Waals surface area contributed by atoms with Gasteiger partial charge in [-0.05, 0) is 30.0 Å². The molecule has 0 saturated carbocycles. The number of hydrogen-bond donors (Lipinski definition) is 1. The molecular weight excluding hydrogens is 262 g/mol. The van der Waals surface area contributed by atoms with Gasteiger partial charge in [-0.3, -0.25) is 0 Å². The molecule has 1 N–H and O–H groups in total. The molecule has 0 bridgehead atoms. The summed E-state index contributed by atoms with van der Waals surface area (Å²) in [7, 11) is 0. The minimum Gasteiger partial charge on any atom is -0.610 e. The van der Waals surface area contributed by atoms with Gasteiger partial charge in [0.1, 0.15) is 5.75 Å². The Labute approximate surface area is 125 Å². The number of phenols is 1. The molecule has 1 aliphatic heterocycles. The van der Waals surface area contributed by atoms with Gasteiger partial charge in [-0.1, -0.05) is 50.6 Å². The molecule has 0 spiro atoms. The average Bonchev–Trinajstić information content (AvgIpc) is 2.80. The number of rotatable bonds is 1. The molecule has 0 fully saturated rings. The second-order valence-electron chi connectivity index (χ2n) is 6.44. The zero-order valence-electron chi connectivity index (χ0n) is 12.8. The molecule has 0 unspecified atom stereocenters. The van der Waals surface area contributed by atoms with E-state index >= 15 is 0 Å². The smallest absolute Gasteiger partial charge is 0.136 e. The topological polar surface area (TPSA) is 51.7 Å². The van der Waals surface area contributed by atoms with E-state index in [2.05, 4.69) is 31.6 Å². The van der Waals surface area contributed by atoms with Crippen LogP contribution in [-0.2, 0) is 5.41 Å². The van der Waals surface area contributed by atoms with Crippen LogP contribution >= 0.6 is 0 Å². The lowest BCUT2D eigenvalue weighted by molar-refractivity contribution is 0.472. The first kappa shape index (κ1) is 13.6. The highest BCUT2D eigenvalue weighted by atomic mass is 16.3. The second kappa shape index (κ2) is 4.58. The summed E-state index contributed by atoms with van der Waals surface area (Å²) in [5.74, 6) is 0.194. The first-order chi connectivity index (χ1) is 9.84. The van der Waals surface area contributed by atoms with Crippen LogP contribution in [-0.4, -0.2) is 5.11 Å².